The van der Waals surface area contributed by atoms with Crippen molar-refractivity contribution in [2.24, 2.45) is 28.6 Å². The molecule has 3 saturated carbocycles. The Balaban J connectivity index is 1.27. The summed E-state index contributed by atoms with van der Waals surface area (Å²) in [6, 6.07) is 7.62. The van der Waals surface area contributed by atoms with Gasteiger partial charge in [0.25, 0.3) is 0 Å². The molecule has 1 aromatic carbocycles. The predicted octanol–water partition coefficient (Wildman–Crippen LogP) is 5.18. The Hall–Kier alpha value is -2.50. The number of ether oxygens (including phenoxy) is 2. The maximum atomic E-state index is 12.8. The highest BCUT2D eigenvalue weighted by Gasteiger charge is 2.60. The Bertz CT molecular complexity index is 975. The van der Waals surface area contributed by atoms with Crippen molar-refractivity contribution in [1.29, 1.82) is 0 Å². The van der Waals surface area contributed by atoms with Crippen LogP contribution in [0.5, 0.6) is 11.5 Å². The first-order valence-corrected chi connectivity index (χ1v) is 12.9. The van der Waals surface area contributed by atoms with Gasteiger partial charge < -0.3 is 19.7 Å². The van der Waals surface area contributed by atoms with E-state index in [9.17, 15) is 9.59 Å². The standard InChI is InChI=1S/C28H38N2O4/c1-5-33-18-6-8-19(9-7-18)34-26(32)29-23-12-11-21-20-10-13-24-28(3,17-15-25(31)30(24)4)22(20)14-16-27(21,23)2/h6-9,15,17,20-24H,5,10-14,16H2,1-4H3,(H,29,32)/t20-,21-,22-,23-,24+,27-,28+/m0/s1. The topological polar surface area (TPSA) is 67.9 Å². The first kappa shape index (κ1) is 23.3. The number of likely N-dealkylation sites (N-methyl/N-ethyl adjacent to an activating group) is 1. The summed E-state index contributed by atoms with van der Waals surface area (Å²) in [6.45, 7) is 7.30. The summed E-state index contributed by atoms with van der Waals surface area (Å²) in [5.41, 5.74) is 0.132. The predicted molar refractivity (Wildman–Crippen MR) is 131 cm³/mol. The molecule has 1 aromatic rings. The van der Waals surface area contributed by atoms with Gasteiger partial charge in [-0.05, 0) is 99.0 Å². The van der Waals surface area contributed by atoms with E-state index >= 15 is 0 Å². The lowest BCUT2D eigenvalue weighted by Crippen LogP contribution is -2.60. The average Bonchev–Trinajstić information content (AvgIpc) is 3.14. The zero-order chi connectivity index (χ0) is 24.1. The number of amides is 2. The van der Waals surface area contributed by atoms with Crippen molar-refractivity contribution >= 4 is 12.0 Å². The summed E-state index contributed by atoms with van der Waals surface area (Å²) in [4.78, 5) is 27.0. The lowest BCUT2D eigenvalue weighted by atomic mass is 9.48. The van der Waals surface area contributed by atoms with Gasteiger partial charge in [-0.15, -0.1) is 0 Å². The van der Waals surface area contributed by atoms with Gasteiger partial charge in [-0.3, -0.25) is 4.79 Å². The number of nitrogens with zero attached hydrogens (tertiary/aromatic N) is 1. The maximum absolute atomic E-state index is 12.8. The molecule has 6 heteroatoms. The van der Waals surface area contributed by atoms with Crippen LogP contribution in [-0.4, -0.2) is 42.6 Å². The van der Waals surface area contributed by atoms with E-state index in [1.807, 2.05) is 31.0 Å². The monoisotopic (exact) mass is 466 g/mol. The minimum Gasteiger partial charge on any atom is -0.494 e. The second-order valence-electron chi connectivity index (χ2n) is 11.2. The first-order valence-electron chi connectivity index (χ1n) is 12.9. The van der Waals surface area contributed by atoms with Gasteiger partial charge in [0.05, 0.1) is 6.61 Å². The summed E-state index contributed by atoms with van der Waals surface area (Å²) in [6.07, 6.45) is 10.3. The Morgan fingerprint density at radius 2 is 1.79 bits per heavy atom. The van der Waals surface area contributed by atoms with Crippen LogP contribution in [-0.2, 0) is 4.79 Å². The van der Waals surface area contributed by atoms with Crippen LogP contribution < -0.4 is 14.8 Å². The molecule has 5 rings (SSSR count). The van der Waals surface area contributed by atoms with E-state index < -0.39 is 0 Å². The first-order chi connectivity index (χ1) is 16.3. The number of nitrogens with one attached hydrogen (secondary N) is 1. The average molecular weight is 467 g/mol. The Morgan fingerprint density at radius 3 is 2.53 bits per heavy atom. The van der Waals surface area contributed by atoms with Crippen molar-refractivity contribution in [1.82, 2.24) is 10.2 Å². The van der Waals surface area contributed by atoms with Crippen LogP contribution in [0.2, 0.25) is 0 Å². The van der Waals surface area contributed by atoms with Crippen LogP contribution in [0.1, 0.15) is 59.3 Å². The molecule has 0 aromatic heterocycles. The van der Waals surface area contributed by atoms with Gasteiger partial charge in [0.1, 0.15) is 11.5 Å². The van der Waals surface area contributed by atoms with Crippen LogP contribution in [0.15, 0.2) is 36.4 Å². The molecule has 7 atom stereocenters. The van der Waals surface area contributed by atoms with E-state index in [1.165, 1.54) is 6.42 Å². The third-order valence-electron chi connectivity index (χ3n) is 9.77. The van der Waals surface area contributed by atoms with E-state index in [0.717, 1.165) is 37.9 Å². The number of fused-ring (bicyclic) bond motifs is 5. The number of carbonyl (C=O) groups excluding carboxylic acids is 2. The summed E-state index contributed by atoms with van der Waals surface area (Å²) in [5.74, 6) is 3.25. The zero-order valence-electron chi connectivity index (χ0n) is 20.9. The normalized spacial score (nSPS) is 38.5. The van der Waals surface area contributed by atoms with Gasteiger partial charge in [0, 0.05) is 24.5 Å². The SMILES string of the molecule is CCOc1ccc(OC(=O)N[C@H]2CC[C@H]3[C@@H]4CC[C@H]5N(C)C(=O)C=C[C@]5(C)[C@H]4CC[C@]23C)cc1. The molecule has 0 saturated heterocycles. The molecule has 3 aliphatic carbocycles. The van der Waals surface area contributed by atoms with E-state index in [-0.39, 0.29) is 28.9 Å². The minimum atomic E-state index is -0.371. The van der Waals surface area contributed by atoms with Crippen molar-refractivity contribution in [2.45, 2.75) is 71.4 Å². The molecule has 34 heavy (non-hydrogen) atoms. The summed E-state index contributed by atoms with van der Waals surface area (Å²) >= 11 is 0. The molecule has 1 N–H and O–H groups in total. The maximum Gasteiger partial charge on any atom is 0.412 e. The molecular weight excluding hydrogens is 428 g/mol. The number of hydrogen-bond acceptors (Lipinski definition) is 4. The molecule has 1 heterocycles. The lowest BCUT2D eigenvalue weighted by Gasteiger charge is -2.60. The molecule has 0 spiro atoms. The Morgan fingerprint density at radius 1 is 1.06 bits per heavy atom. The third kappa shape index (κ3) is 3.70. The molecule has 4 aliphatic rings. The quantitative estimate of drug-likeness (QED) is 0.664. The second-order valence-corrected chi connectivity index (χ2v) is 11.2. The molecule has 184 valence electrons. The van der Waals surface area contributed by atoms with E-state index in [0.29, 0.717) is 36.2 Å². The minimum absolute atomic E-state index is 0.0466. The number of rotatable bonds is 4. The fraction of sp³-hybridized carbons (Fsp3) is 0.643. The zero-order valence-corrected chi connectivity index (χ0v) is 20.9. The molecular formula is C28H38N2O4. The Kier molecular flexibility index (Phi) is 5.89. The number of hydrogen-bond donors (Lipinski definition) is 1. The highest BCUT2D eigenvalue weighted by Crippen LogP contribution is 2.63. The van der Waals surface area contributed by atoms with Crippen LogP contribution in [0.4, 0.5) is 4.79 Å². The fourth-order valence-corrected chi connectivity index (χ4v) is 8.02. The molecule has 3 fully saturated rings. The molecule has 6 nitrogen and oxygen atoms in total. The third-order valence-corrected chi connectivity index (χ3v) is 9.77. The van der Waals surface area contributed by atoms with Gasteiger partial charge in [0.2, 0.25) is 5.91 Å². The van der Waals surface area contributed by atoms with Crippen molar-refractivity contribution in [3.63, 3.8) is 0 Å². The van der Waals surface area contributed by atoms with Crippen molar-refractivity contribution in [3.8, 4) is 11.5 Å². The molecule has 0 bridgehead atoms. The largest absolute Gasteiger partial charge is 0.494 e. The highest BCUT2D eigenvalue weighted by molar-refractivity contribution is 5.89. The van der Waals surface area contributed by atoms with E-state index in [1.54, 1.807) is 18.2 Å². The van der Waals surface area contributed by atoms with Crippen molar-refractivity contribution in [3.05, 3.63) is 36.4 Å². The lowest BCUT2D eigenvalue weighted by molar-refractivity contribution is -0.138. The van der Waals surface area contributed by atoms with E-state index in [2.05, 4.69) is 25.2 Å². The summed E-state index contributed by atoms with van der Waals surface area (Å²) in [7, 11) is 1.97. The van der Waals surface area contributed by atoms with Crippen molar-refractivity contribution < 1.29 is 19.1 Å². The molecule has 0 unspecified atom stereocenters. The smallest absolute Gasteiger partial charge is 0.412 e. The number of benzene rings is 1. The molecule has 2 amide bonds. The molecule has 1 aliphatic heterocycles. The number of carbonyl (C=O) groups is 2. The van der Waals surface area contributed by atoms with Gasteiger partial charge in [-0.25, -0.2) is 4.79 Å². The second kappa shape index (κ2) is 8.62. The van der Waals surface area contributed by atoms with Gasteiger partial charge >= 0.3 is 6.09 Å². The van der Waals surface area contributed by atoms with Gasteiger partial charge in [0.15, 0.2) is 0 Å². The van der Waals surface area contributed by atoms with Gasteiger partial charge in [-0.1, -0.05) is 19.9 Å². The van der Waals surface area contributed by atoms with E-state index in [4.69, 9.17) is 9.47 Å². The van der Waals surface area contributed by atoms with Crippen LogP contribution in [0, 0.1) is 28.6 Å². The summed E-state index contributed by atoms with van der Waals surface area (Å²) < 4.78 is 11.1. The van der Waals surface area contributed by atoms with Gasteiger partial charge in [-0.2, -0.15) is 0 Å². The Labute approximate surface area is 203 Å². The van der Waals surface area contributed by atoms with Crippen LogP contribution in [0.25, 0.3) is 0 Å². The van der Waals surface area contributed by atoms with Crippen LogP contribution >= 0.6 is 0 Å². The fourth-order valence-electron chi connectivity index (χ4n) is 8.02. The highest BCUT2D eigenvalue weighted by atomic mass is 16.6. The summed E-state index contributed by atoms with van der Waals surface area (Å²) in [5, 5.41) is 3.22. The van der Waals surface area contributed by atoms with Crippen LogP contribution in [0.3, 0.4) is 0 Å². The van der Waals surface area contributed by atoms with Crippen molar-refractivity contribution in [2.75, 3.05) is 13.7 Å². The molecule has 0 radical (unpaired) electrons.